The van der Waals surface area contributed by atoms with Crippen LogP contribution in [0.5, 0.6) is 5.75 Å². The summed E-state index contributed by atoms with van der Waals surface area (Å²) in [6, 6.07) is 7.60. The summed E-state index contributed by atoms with van der Waals surface area (Å²) in [5.74, 6) is 0.590. The van der Waals surface area contributed by atoms with Gasteiger partial charge < -0.3 is 20.3 Å². The topological polar surface area (TPSA) is 73.9 Å². The molecule has 2 aliphatic heterocycles. The Morgan fingerprint density at radius 3 is 2.70 bits per heavy atom. The van der Waals surface area contributed by atoms with Gasteiger partial charge in [0.15, 0.2) is 6.61 Å². The van der Waals surface area contributed by atoms with E-state index in [4.69, 9.17) is 4.74 Å². The van der Waals surface area contributed by atoms with Gasteiger partial charge in [-0.1, -0.05) is 6.07 Å². The molecule has 2 heterocycles. The van der Waals surface area contributed by atoms with E-state index >= 15 is 0 Å². The molecule has 0 radical (unpaired) electrons. The summed E-state index contributed by atoms with van der Waals surface area (Å²) in [5.41, 5.74) is 0.650. The minimum absolute atomic E-state index is 0.0135. The molecule has 0 aliphatic carbocycles. The minimum Gasteiger partial charge on any atom is -0.484 e. The number of nitrogens with one attached hydrogen (secondary N) is 2. The molecule has 3 rings (SSSR count). The lowest BCUT2D eigenvalue weighted by molar-refractivity contribution is -0.132. The maximum absolute atomic E-state index is 12.3. The maximum atomic E-state index is 12.3. The lowest BCUT2D eigenvalue weighted by Crippen LogP contribution is -2.40. The summed E-state index contributed by atoms with van der Waals surface area (Å²) >= 11 is 0. The van der Waals surface area contributed by atoms with Crippen molar-refractivity contribution in [3.8, 4) is 5.75 Å². The van der Waals surface area contributed by atoms with Crippen molar-refractivity contribution in [2.24, 2.45) is 0 Å². The molecular formula is C20H30N4O3. The normalized spacial score (nSPS) is 20.1. The number of ether oxygens (including phenoxy) is 1. The second-order valence-electron chi connectivity index (χ2n) is 7.58. The molecule has 1 aromatic rings. The monoisotopic (exact) mass is 374 g/mol. The van der Waals surface area contributed by atoms with Crippen LogP contribution in [-0.2, 0) is 4.79 Å². The Labute approximate surface area is 161 Å². The number of urea groups is 1. The molecule has 7 nitrogen and oxygen atoms in total. The average Bonchev–Trinajstić information content (AvgIpc) is 3.32. The number of amides is 3. The van der Waals surface area contributed by atoms with Gasteiger partial charge in [-0.05, 0) is 45.2 Å². The van der Waals surface area contributed by atoms with E-state index in [1.807, 2.05) is 11.0 Å². The van der Waals surface area contributed by atoms with Gasteiger partial charge in [-0.3, -0.25) is 9.69 Å². The Morgan fingerprint density at radius 1 is 1.22 bits per heavy atom. The fraction of sp³-hybridized carbons (Fsp3) is 0.600. The van der Waals surface area contributed by atoms with Crippen LogP contribution in [-0.4, -0.2) is 66.6 Å². The Morgan fingerprint density at radius 2 is 2.00 bits per heavy atom. The van der Waals surface area contributed by atoms with E-state index in [0.717, 1.165) is 45.4 Å². The number of rotatable bonds is 6. The van der Waals surface area contributed by atoms with E-state index < -0.39 is 0 Å². The van der Waals surface area contributed by atoms with Gasteiger partial charge in [-0.25, -0.2) is 4.79 Å². The van der Waals surface area contributed by atoms with Gasteiger partial charge in [0.05, 0.1) is 0 Å². The number of hydrogen-bond donors (Lipinski definition) is 2. The van der Waals surface area contributed by atoms with Crippen molar-refractivity contribution in [2.45, 2.75) is 45.2 Å². The first kappa shape index (κ1) is 19.5. The Hall–Kier alpha value is -2.28. The van der Waals surface area contributed by atoms with Crippen LogP contribution in [0.2, 0.25) is 0 Å². The average molecular weight is 374 g/mol. The first-order valence-corrected chi connectivity index (χ1v) is 9.83. The minimum atomic E-state index is -0.212. The second kappa shape index (κ2) is 9.08. The summed E-state index contributed by atoms with van der Waals surface area (Å²) in [5, 5.41) is 5.88. The standard InChI is InChI=1S/C20H30N4O3/c1-15(2)24-11-8-17(13-24)22-20(26)21-16-6-5-7-18(12-16)27-14-19(25)23-9-3-4-10-23/h5-7,12,15,17H,3-4,8-11,13-14H2,1-2H3,(H2,21,22,26). The molecule has 27 heavy (non-hydrogen) atoms. The molecule has 1 atom stereocenters. The zero-order chi connectivity index (χ0) is 19.2. The van der Waals surface area contributed by atoms with Crippen molar-refractivity contribution < 1.29 is 14.3 Å². The van der Waals surface area contributed by atoms with Crippen LogP contribution in [0.1, 0.15) is 33.1 Å². The van der Waals surface area contributed by atoms with Gasteiger partial charge in [0.1, 0.15) is 5.75 Å². The highest BCUT2D eigenvalue weighted by atomic mass is 16.5. The summed E-state index contributed by atoms with van der Waals surface area (Å²) in [6.07, 6.45) is 3.10. The van der Waals surface area contributed by atoms with Crippen LogP contribution in [0.25, 0.3) is 0 Å². The highest BCUT2D eigenvalue weighted by Crippen LogP contribution is 2.18. The van der Waals surface area contributed by atoms with Crippen molar-refractivity contribution in [1.82, 2.24) is 15.1 Å². The summed E-state index contributed by atoms with van der Waals surface area (Å²) < 4.78 is 5.61. The predicted octanol–water partition coefficient (Wildman–Crippen LogP) is 2.29. The van der Waals surface area contributed by atoms with Crippen LogP contribution < -0.4 is 15.4 Å². The fourth-order valence-corrected chi connectivity index (χ4v) is 3.59. The number of hydrogen-bond acceptors (Lipinski definition) is 4. The first-order valence-electron chi connectivity index (χ1n) is 9.83. The SMILES string of the molecule is CC(C)N1CCC(NC(=O)Nc2cccc(OCC(=O)N3CCCC3)c2)C1. The van der Waals surface area contributed by atoms with Crippen LogP contribution in [0.15, 0.2) is 24.3 Å². The zero-order valence-corrected chi connectivity index (χ0v) is 16.2. The summed E-state index contributed by atoms with van der Waals surface area (Å²) in [6.45, 7) is 7.90. The van der Waals surface area contributed by atoms with Crippen molar-refractivity contribution in [3.63, 3.8) is 0 Å². The first-order chi connectivity index (χ1) is 13.0. The quantitative estimate of drug-likeness (QED) is 0.801. The summed E-state index contributed by atoms with van der Waals surface area (Å²) in [7, 11) is 0. The number of nitrogens with zero attached hydrogens (tertiary/aromatic N) is 2. The number of carbonyl (C=O) groups excluding carboxylic acids is 2. The third-order valence-corrected chi connectivity index (χ3v) is 5.20. The number of benzene rings is 1. The van der Waals surface area contributed by atoms with Crippen molar-refractivity contribution in [3.05, 3.63) is 24.3 Å². The maximum Gasteiger partial charge on any atom is 0.319 e. The smallest absolute Gasteiger partial charge is 0.319 e. The Bertz CT molecular complexity index is 658. The number of likely N-dealkylation sites (tertiary alicyclic amines) is 2. The van der Waals surface area contributed by atoms with Gasteiger partial charge in [0.25, 0.3) is 5.91 Å². The third-order valence-electron chi connectivity index (χ3n) is 5.20. The van der Waals surface area contributed by atoms with Gasteiger partial charge in [0, 0.05) is 50.0 Å². The molecular weight excluding hydrogens is 344 g/mol. The Kier molecular flexibility index (Phi) is 6.55. The van der Waals surface area contributed by atoms with Gasteiger partial charge >= 0.3 is 6.03 Å². The van der Waals surface area contributed by atoms with E-state index in [9.17, 15) is 9.59 Å². The molecule has 2 aliphatic rings. The molecule has 1 aromatic carbocycles. The third kappa shape index (κ3) is 5.60. The van der Waals surface area contributed by atoms with Crippen LogP contribution >= 0.6 is 0 Å². The largest absolute Gasteiger partial charge is 0.484 e. The molecule has 0 aromatic heterocycles. The molecule has 0 spiro atoms. The lowest BCUT2D eigenvalue weighted by Gasteiger charge is -2.20. The number of anilines is 1. The second-order valence-corrected chi connectivity index (χ2v) is 7.58. The molecule has 2 N–H and O–H groups in total. The molecule has 0 saturated carbocycles. The van der Waals surface area contributed by atoms with Gasteiger partial charge in [-0.2, -0.15) is 0 Å². The summed E-state index contributed by atoms with van der Waals surface area (Å²) in [4.78, 5) is 28.5. The van der Waals surface area contributed by atoms with E-state index in [-0.39, 0.29) is 24.6 Å². The highest BCUT2D eigenvalue weighted by Gasteiger charge is 2.25. The van der Waals surface area contributed by atoms with Crippen LogP contribution in [0, 0.1) is 0 Å². The molecule has 2 fully saturated rings. The lowest BCUT2D eigenvalue weighted by atomic mass is 10.2. The van der Waals surface area contributed by atoms with E-state index in [1.165, 1.54) is 0 Å². The Balaban J connectivity index is 1.45. The van der Waals surface area contributed by atoms with E-state index in [1.54, 1.807) is 18.2 Å². The van der Waals surface area contributed by atoms with Gasteiger partial charge in [-0.15, -0.1) is 0 Å². The number of carbonyl (C=O) groups is 2. The molecule has 2 saturated heterocycles. The van der Waals surface area contributed by atoms with E-state index in [2.05, 4.69) is 29.4 Å². The highest BCUT2D eigenvalue weighted by molar-refractivity contribution is 5.89. The van der Waals surface area contributed by atoms with Gasteiger partial charge in [0.2, 0.25) is 0 Å². The van der Waals surface area contributed by atoms with Crippen molar-refractivity contribution in [1.29, 1.82) is 0 Å². The molecule has 7 heteroatoms. The van der Waals surface area contributed by atoms with Crippen molar-refractivity contribution in [2.75, 3.05) is 38.1 Å². The molecule has 3 amide bonds. The molecule has 0 bridgehead atoms. The van der Waals surface area contributed by atoms with Crippen LogP contribution in [0.3, 0.4) is 0 Å². The van der Waals surface area contributed by atoms with E-state index in [0.29, 0.717) is 17.5 Å². The van der Waals surface area contributed by atoms with Crippen LogP contribution in [0.4, 0.5) is 10.5 Å². The fourth-order valence-electron chi connectivity index (χ4n) is 3.59. The zero-order valence-electron chi connectivity index (χ0n) is 16.2. The predicted molar refractivity (Wildman–Crippen MR) is 105 cm³/mol. The van der Waals surface area contributed by atoms with Crippen molar-refractivity contribution >= 4 is 17.6 Å². The molecule has 1 unspecified atom stereocenters. The molecule has 148 valence electrons.